The Bertz CT molecular complexity index is 562. The van der Waals surface area contributed by atoms with Gasteiger partial charge in [-0.1, -0.05) is 35.9 Å². The van der Waals surface area contributed by atoms with Crippen LogP contribution in [0.15, 0.2) is 30.3 Å². The third-order valence-corrected chi connectivity index (χ3v) is 3.48. The minimum absolute atomic E-state index is 0.177. The van der Waals surface area contributed by atoms with Crippen LogP contribution in [-0.4, -0.2) is 17.4 Å². The van der Waals surface area contributed by atoms with E-state index in [2.05, 4.69) is 0 Å². The summed E-state index contributed by atoms with van der Waals surface area (Å²) in [6, 6.07) is 7.09. The highest BCUT2D eigenvalue weighted by molar-refractivity contribution is 6.50. The highest BCUT2D eigenvalue weighted by Crippen LogP contribution is 2.41. The number of hydrogen-bond donors (Lipinski definition) is 0. The zero-order chi connectivity index (χ0) is 12.0. The van der Waals surface area contributed by atoms with Crippen molar-refractivity contribution >= 4 is 28.4 Å². The van der Waals surface area contributed by atoms with Crippen LogP contribution in [0.4, 0.5) is 0 Å². The molecule has 1 aromatic rings. The predicted octanol–water partition coefficient (Wildman–Crippen LogP) is 2.54. The monoisotopic (exact) mass is 248 g/mol. The largest absolute Gasteiger partial charge is 0.446 e. The summed E-state index contributed by atoms with van der Waals surface area (Å²) < 4.78 is 5.18. The normalized spacial score (nSPS) is 26.8. The van der Waals surface area contributed by atoms with E-state index in [0.717, 1.165) is 0 Å². The second-order valence-electron chi connectivity index (χ2n) is 4.23. The van der Waals surface area contributed by atoms with Gasteiger partial charge in [-0.15, -0.1) is 0 Å². The fourth-order valence-electron chi connectivity index (χ4n) is 2.32. The van der Waals surface area contributed by atoms with Crippen molar-refractivity contribution in [3.63, 3.8) is 0 Å². The lowest BCUT2D eigenvalue weighted by atomic mass is 9.83. The van der Waals surface area contributed by atoms with Crippen LogP contribution >= 0.6 is 11.6 Å². The molecule has 0 unspecified atom stereocenters. The van der Waals surface area contributed by atoms with Crippen LogP contribution in [0.3, 0.4) is 0 Å². The van der Waals surface area contributed by atoms with E-state index in [1.54, 1.807) is 24.3 Å². The van der Waals surface area contributed by atoms with Crippen molar-refractivity contribution in [1.82, 2.24) is 0 Å². The van der Waals surface area contributed by atoms with Crippen molar-refractivity contribution in [2.45, 2.75) is 18.4 Å². The van der Waals surface area contributed by atoms with E-state index >= 15 is 0 Å². The topological polar surface area (TPSA) is 43.4 Å². The molecule has 0 saturated carbocycles. The molecule has 86 valence electrons. The fourth-order valence-corrected chi connectivity index (χ4v) is 2.66. The van der Waals surface area contributed by atoms with Gasteiger partial charge >= 0.3 is 5.97 Å². The number of fused-ring (bicyclic) bond motifs is 1. The Morgan fingerprint density at radius 2 is 1.88 bits per heavy atom. The summed E-state index contributed by atoms with van der Waals surface area (Å²) in [6.45, 7) is 0. The number of ether oxygens (including phenoxy) is 1. The van der Waals surface area contributed by atoms with Gasteiger partial charge in [0.2, 0.25) is 5.78 Å². The average molecular weight is 249 g/mol. The number of rotatable bonds is 0. The predicted molar refractivity (Wildman–Crippen MR) is 62.7 cm³/mol. The van der Waals surface area contributed by atoms with Gasteiger partial charge in [-0.05, 0) is 6.08 Å². The van der Waals surface area contributed by atoms with Gasteiger partial charge in [-0.2, -0.15) is 0 Å². The molecule has 0 amide bonds. The first-order valence-electron chi connectivity index (χ1n) is 5.37. The maximum atomic E-state index is 12.4. The fraction of sp³-hybridized carbons (Fsp3) is 0.231. The van der Waals surface area contributed by atoms with Gasteiger partial charge in [0, 0.05) is 22.6 Å². The molecule has 2 aliphatic rings. The zero-order valence-corrected chi connectivity index (χ0v) is 9.66. The first-order chi connectivity index (χ1) is 8.12. The van der Waals surface area contributed by atoms with Crippen LogP contribution < -0.4 is 0 Å². The minimum Gasteiger partial charge on any atom is -0.446 e. The third kappa shape index (κ3) is 1.42. The van der Waals surface area contributed by atoms with Gasteiger partial charge in [-0.3, -0.25) is 9.59 Å². The number of ketones is 1. The van der Waals surface area contributed by atoms with Crippen molar-refractivity contribution in [3.05, 3.63) is 41.5 Å². The summed E-state index contributed by atoms with van der Waals surface area (Å²) in [5.41, 5.74) is 0.0603. The Morgan fingerprint density at radius 3 is 2.53 bits per heavy atom. The van der Waals surface area contributed by atoms with Crippen LogP contribution in [-0.2, 0) is 9.53 Å². The molecular weight excluding hydrogens is 240 g/mol. The van der Waals surface area contributed by atoms with Crippen LogP contribution in [0, 0.1) is 0 Å². The standard InChI is InChI=1S/C13H9ClO3/c14-10-7-13(6-5-11(15)17-13)12(16)9-4-2-1-3-8(9)10/h1-4,7H,5-6H2/t13-/m0/s1. The first-order valence-corrected chi connectivity index (χ1v) is 5.75. The van der Waals surface area contributed by atoms with E-state index in [1.165, 1.54) is 0 Å². The van der Waals surface area contributed by atoms with E-state index in [0.29, 0.717) is 22.6 Å². The second-order valence-corrected chi connectivity index (χ2v) is 4.64. The van der Waals surface area contributed by atoms with Crippen molar-refractivity contribution in [1.29, 1.82) is 0 Å². The zero-order valence-electron chi connectivity index (χ0n) is 8.90. The van der Waals surface area contributed by atoms with Crippen molar-refractivity contribution < 1.29 is 14.3 Å². The Balaban J connectivity index is 2.17. The van der Waals surface area contributed by atoms with Gasteiger partial charge in [0.05, 0.1) is 6.42 Å². The Kier molecular flexibility index (Phi) is 2.13. The maximum Gasteiger partial charge on any atom is 0.307 e. The quantitative estimate of drug-likeness (QED) is 0.663. The van der Waals surface area contributed by atoms with E-state index in [4.69, 9.17) is 16.3 Å². The first kappa shape index (κ1) is 10.5. The van der Waals surface area contributed by atoms with E-state index < -0.39 is 5.60 Å². The Hall–Kier alpha value is -1.61. The summed E-state index contributed by atoms with van der Waals surface area (Å²) in [5, 5.41) is 0.468. The number of carbonyl (C=O) groups is 2. The second kappa shape index (κ2) is 3.44. The number of hydrogen-bond acceptors (Lipinski definition) is 3. The Labute approximate surface area is 103 Å². The molecule has 1 atom stereocenters. The van der Waals surface area contributed by atoms with E-state index in [9.17, 15) is 9.59 Å². The molecule has 1 aliphatic heterocycles. The lowest BCUT2D eigenvalue weighted by Crippen LogP contribution is -2.39. The summed E-state index contributed by atoms with van der Waals surface area (Å²) in [7, 11) is 0. The smallest absolute Gasteiger partial charge is 0.307 e. The molecule has 0 N–H and O–H groups in total. The van der Waals surface area contributed by atoms with Crippen LogP contribution in [0.5, 0.6) is 0 Å². The molecule has 3 rings (SSSR count). The summed E-state index contributed by atoms with van der Waals surface area (Å²) >= 11 is 6.15. The number of esters is 1. The molecule has 1 fully saturated rings. The highest BCUT2D eigenvalue weighted by Gasteiger charge is 2.48. The maximum absolute atomic E-state index is 12.4. The van der Waals surface area contributed by atoms with Crippen molar-refractivity contribution in [3.8, 4) is 0 Å². The van der Waals surface area contributed by atoms with E-state index in [-0.39, 0.29) is 18.2 Å². The molecule has 3 nitrogen and oxygen atoms in total. The number of benzene rings is 1. The summed E-state index contributed by atoms with van der Waals surface area (Å²) in [6.07, 6.45) is 2.19. The molecule has 1 aliphatic carbocycles. The Morgan fingerprint density at radius 1 is 1.18 bits per heavy atom. The molecule has 1 spiro atoms. The van der Waals surface area contributed by atoms with Crippen LogP contribution in [0.25, 0.3) is 5.03 Å². The molecule has 1 saturated heterocycles. The summed E-state index contributed by atoms with van der Waals surface area (Å²) in [4.78, 5) is 23.6. The number of halogens is 1. The van der Waals surface area contributed by atoms with Gasteiger partial charge in [-0.25, -0.2) is 0 Å². The van der Waals surface area contributed by atoms with Crippen molar-refractivity contribution in [2.24, 2.45) is 0 Å². The number of Topliss-reactive ketones (excluding diaryl/α,β-unsaturated/α-hetero) is 1. The molecule has 4 heteroatoms. The molecule has 0 radical (unpaired) electrons. The van der Waals surface area contributed by atoms with Gasteiger partial charge in [0.1, 0.15) is 0 Å². The van der Waals surface area contributed by atoms with Crippen LogP contribution in [0.2, 0.25) is 0 Å². The molecule has 0 bridgehead atoms. The lowest BCUT2D eigenvalue weighted by molar-refractivity contribution is -0.143. The molecule has 0 aromatic heterocycles. The lowest BCUT2D eigenvalue weighted by Gasteiger charge is -2.28. The third-order valence-electron chi connectivity index (χ3n) is 3.17. The number of carbonyl (C=O) groups excluding carboxylic acids is 2. The highest BCUT2D eigenvalue weighted by atomic mass is 35.5. The van der Waals surface area contributed by atoms with Gasteiger partial charge in [0.15, 0.2) is 5.60 Å². The minimum atomic E-state index is -1.16. The average Bonchev–Trinajstić information content (AvgIpc) is 2.69. The van der Waals surface area contributed by atoms with Gasteiger partial charge < -0.3 is 4.74 Å². The molecule has 1 aromatic carbocycles. The van der Waals surface area contributed by atoms with E-state index in [1.807, 2.05) is 6.07 Å². The molecule has 17 heavy (non-hydrogen) atoms. The van der Waals surface area contributed by atoms with Crippen molar-refractivity contribution in [2.75, 3.05) is 0 Å². The van der Waals surface area contributed by atoms with Gasteiger partial charge in [0.25, 0.3) is 0 Å². The molecule has 1 heterocycles. The van der Waals surface area contributed by atoms with Crippen LogP contribution in [0.1, 0.15) is 28.8 Å². The summed E-state index contributed by atoms with van der Waals surface area (Å²) in [5.74, 6) is -0.526. The SMILES string of the molecule is O=C1CC[C@@]2(C=C(Cl)c3ccccc3C2=O)O1. The molecular formula is C13H9ClO3.